The van der Waals surface area contributed by atoms with Crippen molar-refractivity contribution in [1.82, 2.24) is 0 Å². The van der Waals surface area contributed by atoms with E-state index in [1.165, 1.54) is 159 Å². The second-order valence-electron chi connectivity index (χ2n) is 15.9. The summed E-state index contributed by atoms with van der Waals surface area (Å²) in [4.78, 5) is 37.1. The number of aromatic carboxylic acids is 1. The van der Waals surface area contributed by atoms with Crippen molar-refractivity contribution in [2.75, 3.05) is 13.2 Å². The fraction of sp³-hybridized carbons (Fsp3) is 0.800. The van der Waals surface area contributed by atoms with Crippen molar-refractivity contribution in [3.8, 4) is 0 Å². The number of carbonyl (C=O) groups is 3. The van der Waals surface area contributed by atoms with E-state index in [-0.39, 0.29) is 29.9 Å². The first-order chi connectivity index (χ1) is 24.7. The smallest absolute Gasteiger partial charge is 0.338 e. The Morgan fingerprint density at radius 3 is 0.902 bits per heavy atom. The number of carboxylic acids is 1. The minimum absolute atomic E-state index is 0.0686. The van der Waals surface area contributed by atoms with Crippen molar-refractivity contribution in [3.05, 3.63) is 34.9 Å². The molecule has 0 fully saturated rings. The number of carbonyl (C=O) groups excluding carboxylic acids is 2. The summed E-state index contributed by atoms with van der Waals surface area (Å²) in [6.07, 6.45) is 35.2. The van der Waals surface area contributed by atoms with Gasteiger partial charge in [0.05, 0.1) is 29.9 Å². The maximum Gasteiger partial charge on any atom is 0.338 e. The van der Waals surface area contributed by atoms with Crippen LogP contribution in [0.3, 0.4) is 0 Å². The Labute approximate surface area is 313 Å². The minimum atomic E-state index is -1.20. The standard InChI is InChI=1S/C45H78O6/c1-38(2)31-27-23-19-15-11-7-5-9-13-17-21-25-29-33-50-44(48)41-35-40(43(46)47)36-42(37-41)45(49)51-34-30-26-22-18-14-10-6-8-12-16-20-24-28-32-39(3)4/h35-39H,5-34H2,1-4H3,(H,46,47). The normalized spacial score (nSPS) is 11.4. The number of carboxylic acid groups (broad SMARTS) is 1. The first-order valence-electron chi connectivity index (χ1n) is 21.4. The Kier molecular flexibility index (Phi) is 29.5. The molecule has 1 N–H and O–H groups in total. The third-order valence-corrected chi connectivity index (χ3v) is 9.97. The number of hydrogen-bond acceptors (Lipinski definition) is 5. The average Bonchev–Trinajstić information content (AvgIpc) is 3.10. The molecule has 0 bridgehead atoms. The van der Waals surface area contributed by atoms with Gasteiger partial charge in [-0.3, -0.25) is 0 Å². The summed E-state index contributed by atoms with van der Waals surface area (Å²) in [6, 6.07) is 3.92. The van der Waals surface area contributed by atoms with Crippen molar-refractivity contribution >= 4 is 17.9 Å². The Balaban J connectivity index is 2.13. The van der Waals surface area contributed by atoms with Crippen molar-refractivity contribution in [3.63, 3.8) is 0 Å². The number of unbranched alkanes of at least 4 members (excludes halogenated alkanes) is 24. The van der Waals surface area contributed by atoms with Gasteiger partial charge in [0.25, 0.3) is 0 Å². The van der Waals surface area contributed by atoms with Gasteiger partial charge in [-0.05, 0) is 42.9 Å². The maximum absolute atomic E-state index is 12.7. The molecule has 6 heteroatoms. The lowest BCUT2D eigenvalue weighted by atomic mass is 10.0. The van der Waals surface area contributed by atoms with E-state index in [4.69, 9.17) is 9.47 Å². The van der Waals surface area contributed by atoms with E-state index in [2.05, 4.69) is 27.7 Å². The lowest BCUT2D eigenvalue weighted by Gasteiger charge is -2.09. The molecule has 0 atom stereocenters. The molecule has 1 rings (SSSR count). The van der Waals surface area contributed by atoms with Crippen LogP contribution in [0.1, 0.15) is 239 Å². The Morgan fingerprint density at radius 2 is 0.647 bits per heavy atom. The van der Waals surface area contributed by atoms with Crippen molar-refractivity contribution < 1.29 is 29.0 Å². The van der Waals surface area contributed by atoms with E-state index >= 15 is 0 Å². The third kappa shape index (κ3) is 27.9. The monoisotopic (exact) mass is 715 g/mol. The first-order valence-corrected chi connectivity index (χ1v) is 21.4. The lowest BCUT2D eigenvalue weighted by molar-refractivity contribution is 0.0496. The number of hydrogen-bond donors (Lipinski definition) is 1. The van der Waals surface area contributed by atoms with Crippen LogP contribution >= 0.6 is 0 Å². The molecule has 0 aliphatic rings. The molecule has 0 saturated carbocycles. The van der Waals surface area contributed by atoms with Crippen LogP contribution in [0.5, 0.6) is 0 Å². The van der Waals surface area contributed by atoms with Crippen LogP contribution in [0.2, 0.25) is 0 Å². The molecule has 0 aliphatic carbocycles. The Hall–Kier alpha value is -2.37. The molecule has 0 aliphatic heterocycles. The molecule has 0 unspecified atom stereocenters. The zero-order valence-corrected chi connectivity index (χ0v) is 33.6. The fourth-order valence-corrected chi connectivity index (χ4v) is 6.68. The van der Waals surface area contributed by atoms with E-state index in [1.54, 1.807) is 0 Å². The highest BCUT2D eigenvalue weighted by Gasteiger charge is 2.18. The molecule has 0 radical (unpaired) electrons. The third-order valence-electron chi connectivity index (χ3n) is 9.97. The predicted molar refractivity (Wildman–Crippen MR) is 213 cm³/mol. The van der Waals surface area contributed by atoms with Gasteiger partial charge in [0, 0.05) is 0 Å². The lowest BCUT2D eigenvalue weighted by Crippen LogP contribution is -2.13. The largest absolute Gasteiger partial charge is 0.478 e. The molecular weight excluding hydrogens is 636 g/mol. The summed E-state index contributed by atoms with van der Waals surface area (Å²) in [5, 5.41) is 9.56. The molecule has 294 valence electrons. The molecular formula is C45H78O6. The summed E-state index contributed by atoms with van der Waals surface area (Å²) < 4.78 is 10.9. The van der Waals surface area contributed by atoms with Gasteiger partial charge < -0.3 is 14.6 Å². The zero-order valence-electron chi connectivity index (χ0n) is 33.6. The molecule has 51 heavy (non-hydrogen) atoms. The maximum atomic E-state index is 12.7. The van der Waals surface area contributed by atoms with Crippen molar-refractivity contribution in [1.29, 1.82) is 0 Å². The van der Waals surface area contributed by atoms with Gasteiger partial charge in [-0.25, -0.2) is 14.4 Å². The van der Waals surface area contributed by atoms with E-state index < -0.39 is 17.9 Å². The fourth-order valence-electron chi connectivity index (χ4n) is 6.68. The van der Waals surface area contributed by atoms with Crippen LogP contribution in [-0.4, -0.2) is 36.2 Å². The van der Waals surface area contributed by atoms with Gasteiger partial charge in [-0.2, -0.15) is 0 Å². The van der Waals surface area contributed by atoms with Crippen LogP contribution in [0, 0.1) is 11.8 Å². The molecule has 1 aromatic rings. The summed E-state index contributed by atoms with van der Waals surface area (Å²) in [6.45, 7) is 9.78. The second-order valence-corrected chi connectivity index (χ2v) is 15.9. The average molecular weight is 715 g/mol. The van der Waals surface area contributed by atoms with E-state index in [0.717, 1.165) is 50.4 Å². The molecule has 0 spiro atoms. The summed E-state index contributed by atoms with van der Waals surface area (Å²) in [7, 11) is 0. The molecule has 6 nitrogen and oxygen atoms in total. The highest BCUT2D eigenvalue weighted by molar-refractivity contribution is 6.00. The van der Waals surface area contributed by atoms with E-state index in [1.807, 2.05) is 0 Å². The molecule has 0 saturated heterocycles. The molecule has 0 amide bonds. The predicted octanol–water partition coefficient (Wildman–Crippen LogP) is 13.9. The first kappa shape index (κ1) is 46.7. The van der Waals surface area contributed by atoms with Gasteiger partial charge in [0.15, 0.2) is 0 Å². The number of esters is 2. The van der Waals surface area contributed by atoms with Gasteiger partial charge >= 0.3 is 17.9 Å². The summed E-state index contributed by atoms with van der Waals surface area (Å²) >= 11 is 0. The molecule has 0 heterocycles. The highest BCUT2D eigenvalue weighted by atomic mass is 16.5. The van der Waals surface area contributed by atoms with Gasteiger partial charge in [0.1, 0.15) is 0 Å². The van der Waals surface area contributed by atoms with Gasteiger partial charge in [0.2, 0.25) is 0 Å². The minimum Gasteiger partial charge on any atom is -0.478 e. The van der Waals surface area contributed by atoms with Crippen molar-refractivity contribution in [2.45, 2.75) is 207 Å². The summed E-state index contributed by atoms with van der Waals surface area (Å²) in [5.74, 6) is -0.752. The Morgan fingerprint density at radius 1 is 0.412 bits per heavy atom. The topological polar surface area (TPSA) is 89.9 Å². The molecule has 0 aromatic heterocycles. The van der Waals surface area contributed by atoms with Crippen LogP contribution < -0.4 is 0 Å². The zero-order chi connectivity index (χ0) is 37.4. The molecule has 1 aromatic carbocycles. The highest BCUT2D eigenvalue weighted by Crippen LogP contribution is 2.18. The SMILES string of the molecule is CC(C)CCCCCCCCCCCCCCCOC(=O)c1cc(C(=O)O)cc(C(=O)OCCCCCCCCCCCCCCCC(C)C)c1. The quantitative estimate of drug-likeness (QED) is 0.0556. The van der Waals surface area contributed by atoms with E-state index in [0.29, 0.717) is 0 Å². The van der Waals surface area contributed by atoms with Crippen LogP contribution in [-0.2, 0) is 9.47 Å². The van der Waals surface area contributed by atoms with Crippen molar-refractivity contribution in [2.24, 2.45) is 11.8 Å². The van der Waals surface area contributed by atoms with Crippen LogP contribution in [0.25, 0.3) is 0 Å². The van der Waals surface area contributed by atoms with Gasteiger partial charge in [-0.15, -0.1) is 0 Å². The van der Waals surface area contributed by atoms with Crippen LogP contribution in [0.4, 0.5) is 0 Å². The van der Waals surface area contributed by atoms with E-state index in [9.17, 15) is 19.5 Å². The summed E-state index contributed by atoms with van der Waals surface area (Å²) in [5.41, 5.74) is 0.0118. The Bertz CT molecular complexity index is 946. The number of benzene rings is 1. The number of rotatable bonds is 35. The van der Waals surface area contributed by atoms with Gasteiger partial charge in [-0.1, -0.05) is 195 Å². The second kappa shape index (κ2) is 32.3. The van der Waals surface area contributed by atoms with Crippen LogP contribution in [0.15, 0.2) is 18.2 Å². The number of ether oxygens (including phenoxy) is 2.